The number of nitriles is 1. The molecule has 0 radical (unpaired) electrons. The van der Waals surface area contributed by atoms with Gasteiger partial charge in [0, 0.05) is 17.3 Å². The molecular formula is C23H18FN9O. The summed E-state index contributed by atoms with van der Waals surface area (Å²) in [5, 5.41) is 36.9. The van der Waals surface area contributed by atoms with Gasteiger partial charge in [-0.3, -0.25) is 9.67 Å². The van der Waals surface area contributed by atoms with Crippen molar-refractivity contribution in [3.05, 3.63) is 71.2 Å². The first-order valence-corrected chi connectivity index (χ1v) is 10.3. The molecule has 0 unspecified atom stereocenters. The molecular weight excluding hydrogens is 437 g/mol. The molecule has 0 saturated carbocycles. The van der Waals surface area contributed by atoms with Gasteiger partial charge in [-0.25, -0.2) is 14.4 Å². The van der Waals surface area contributed by atoms with Crippen LogP contribution in [0.1, 0.15) is 22.6 Å². The van der Waals surface area contributed by atoms with E-state index in [2.05, 4.69) is 35.7 Å². The molecule has 0 aliphatic carbocycles. The molecule has 0 amide bonds. The molecule has 0 atom stereocenters. The van der Waals surface area contributed by atoms with Gasteiger partial charge in [-0.15, -0.1) is 5.10 Å². The van der Waals surface area contributed by atoms with Crippen LogP contribution in [0, 0.1) is 31.0 Å². The number of nitrogens with one attached hydrogen (secondary N) is 2. The summed E-state index contributed by atoms with van der Waals surface area (Å²) >= 11 is 0. The molecule has 11 heteroatoms. The lowest BCUT2D eigenvalue weighted by Crippen LogP contribution is -2.03. The molecule has 0 spiro atoms. The summed E-state index contributed by atoms with van der Waals surface area (Å²) < 4.78 is 16.6. The standard InChI is InChI=1S/C23H18FN9O/c1-12-3-5-20(32-29-12)27-16-8-17-19(7-15(16)24)33(11-26-17)21-6-4-14(10-34)23(28-21)22-13(2)30-31-18(22)9-25/h3-8,11,34H,10H2,1-2H3,(H,27,32)(H,30,31). The number of imidazole rings is 1. The minimum atomic E-state index is -0.499. The van der Waals surface area contributed by atoms with Crippen molar-refractivity contribution in [1.29, 1.82) is 5.26 Å². The van der Waals surface area contributed by atoms with Gasteiger partial charge in [0.1, 0.15) is 24.0 Å². The number of rotatable bonds is 5. The molecule has 0 saturated heterocycles. The Morgan fingerprint density at radius 1 is 1.18 bits per heavy atom. The molecule has 0 bridgehead atoms. The number of halogens is 1. The summed E-state index contributed by atoms with van der Waals surface area (Å²) in [6, 6.07) is 11.9. The smallest absolute Gasteiger partial charge is 0.171 e. The summed E-state index contributed by atoms with van der Waals surface area (Å²) in [5.74, 6) is 0.364. The molecule has 4 heterocycles. The van der Waals surface area contributed by atoms with E-state index in [-0.39, 0.29) is 18.0 Å². The fraction of sp³-hybridized carbons (Fsp3) is 0.130. The molecule has 5 aromatic rings. The zero-order valence-corrected chi connectivity index (χ0v) is 18.2. The summed E-state index contributed by atoms with van der Waals surface area (Å²) in [5.41, 5.74) is 4.29. The first-order chi connectivity index (χ1) is 16.5. The van der Waals surface area contributed by atoms with Gasteiger partial charge >= 0.3 is 0 Å². The highest BCUT2D eigenvalue weighted by Gasteiger charge is 2.19. The minimum Gasteiger partial charge on any atom is -0.392 e. The van der Waals surface area contributed by atoms with Crippen LogP contribution in [0.5, 0.6) is 0 Å². The Bertz CT molecular complexity index is 1560. The average Bonchev–Trinajstić information content (AvgIpc) is 3.43. The van der Waals surface area contributed by atoms with Crippen molar-refractivity contribution in [2.45, 2.75) is 20.5 Å². The number of hydrogen-bond acceptors (Lipinski definition) is 8. The number of aliphatic hydroxyl groups excluding tert-OH is 1. The van der Waals surface area contributed by atoms with E-state index < -0.39 is 5.82 Å². The van der Waals surface area contributed by atoms with Gasteiger partial charge in [0.05, 0.1) is 40.3 Å². The Morgan fingerprint density at radius 3 is 2.76 bits per heavy atom. The van der Waals surface area contributed by atoms with Gasteiger partial charge in [0.25, 0.3) is 0 Å². The number of fused-ring (bicyclic) bond motifs is 1. The number of aliphatic hydroxyl groups is 1. The predicted molar refractivity (Wildman–Crippen MR) is 122 cm³/mol. The Morgan fingerprint density at radius 2 is 2.03 bits per heavy atom. The third-order valence-corrected chi connectivity index (χ3v) is 5.37. The average molecular weight is 455 g/mol. The molecule has 0 fully saturated rings. The van der Waals surface area contributed by atoms with Gasteiger partial charge in [-0.05, 0) is 38.1 Å². The molecule has 34 heavy (non-hydrogen) atoms. The highest BCUT2D eigenvalue weighted by Crippen LogP contribution is 2.30. The number of aryl methyl sites for hydroxylation is 2. The molecule has 0 aliphatic rings. The van der Waals surface area contributed by atoms with Crippen molar-refractivity contribution in [3.8, 4) is 23.1 Å². The maximum atomic E-state index is 15.0. The van der Waals surface area contributed by atoms with Gasteiger partial charge in [-0.2, -0.15) is 15.5 Å². The van der Waals surface area contributed by atoms with Crippen LogP contribution in [0.2, 0.25) is 0 Å². The Labute approximate surface area is 192 Å². The minimum absolute atomic E-state index is 0.174. The summed E-state index contributed by atoms with van der Waals surface area (Å²) in [6.07, 6.45) is 1.54. The van der Waals surface area contributed by atoms with Gasteiger partial charge < -0.3 is 10.4 Å². The normalized spacial score (nSPS) is 11.0. The number of aromatic amines is 1. The van der Waals surface area contributed by atoms with Crippen LogP contribution in [-0.4, -0.2) is 40.0 Å². The molecule has 168 valence electrons. The van der Waals surface area contributed by atoms with Crippen LogP contribution in [0.3, 0.4) is 0 Å². The summed E-state index contributed by atoms with van der Waals surface area (Å²) in [7, 11) is 0. The predicted octanol–water partition coefficient (Wildman–Crippen LogP) is 3.46. The third-order valence-electron chi connectivity index (χ3n) is 5.37. The van der Waals surface area contributed by atoms with E-state index in [0.29, 0.717) is 45.2 Å². The van der Waals surface area contributed by atoms with Gasteiger partial charge in [0.2, 0.25) is 0 Å². The highest BCUT2D eigenvalue weighted by atomic mass is 19.1. The van der Waals surface area contributed by atoms with E-state index in [1.54, 1.807) is 41.8 Å². The van der Waals surface area contributed by atoms with Crippen LogP contribution in [0.4, 0.5) is 15.9 Å². The second-order valence-electron chi connectivity index (χ2n) is 7.64. The Hall–Kier alpha value is -4.69. The number of H-pyrrole nitrogens is 1. The molecule has 0 aliphatic heterocycles. The summed E-state index contributed by atoms with van der Waals surface area (Å²) in [6.45, 7) is 3.32. The van der Waals surface area contributed by atoms with Crippen molar-refractivity contribution in [2.75, 3.05) is 5.32 Å². The quantitative estimate of drug-likeness (QED) is 0.366. The lowest BCUT2D eigenvalue weighted by molar-refractivity contribution is 0.282. The zero-order valence-electron chi connectivity index (χ0n) is 18.2. The van der Waals surface area contributed by atoms with E-state index in [1.165, 1.54) is 12.4 Å². The Balaban J connectivity index is 1.58. The van der Waals surface area contributed by atoms with Crippen molar-refractivity contribution in [2.24, 2.45) is 0 Å². The van der Waals surface area contributed by atoms with Crippen molar-refractivity contribution in [1.82, 2.24) is 34.9 Å². The van der Waals surface area contributed by atoms with Crippen LogP contribution >= 0.6 is 0 Å². The largest absolute Gasteiger partial charge is 0.392 e. The van der Waals surface area contributed by atoms with Gasteiger partial charge in [0.15, 0.2) is 11.5 Å². The SMILES string of the molecule is Cc1ccc(Nc2cc3ncn(-c4ccc(CO)c(-c5c(C#N)n[nH]c5C)n4)c3cc2F)nn1. The fourth-order valence-corrected chi connectivity index (χ4v) is 3.67. The molecule has 10 nitrogen and oxygen atoms in total. The summed E-state index contributed by atoms with van der Waals surface area (Å²) in [4.78, 5) is 9.07. The van der Waals surface area contributed by atoms with E-state index in [4.69, 9.17) is 0 Å². The van der Waals surface area contributed by atoms with Crippen LogP contribution < -0.4 is 5.32 Å². The van der Waals surface area contributed by atoms with E-state index in [9.17, 15) is 14.8 Å². The second kappa shape index (κ2) is 8.34. The van der Waals surface area contributed by atoms with Gasteiger partial charge in [-0.1, -0.05) is 6.07 Å². The topological polar surface area (TPSA) is 141 Å². The molecule has 5 rings (SSSR count). The zero-order chi connectivity index (χ0) is 23.8. The third kappa shape index (κ3) is 3.62. The van der Waals surface area contributed by atoms with Crippen LogP contribution in [0.15, 0.2) is 42.7 Å². The number of hydrogen-bond donors (Lipinski definition) is 3. The van der Waals surface area contributed by atoms with E-state index in [1.807, 2.05) is 13.0 Å². The lowest BCUT2D eigenvalue weighted by atomic mass is 10.0. The second-order valence-corrected chi connectivity index (χ2v) is 7.64. The maximum absolute atomic E-state index is 15.0. The van der Waals surface area contributed by atoms with Crippen molar-refractivity contribution < 1.29 is 9.50 Å². The number of benzene rings is 1. The molecule has 4 aromatic heterocycles. The lowest BCUT2D eigenvalue weighted by Gasteiger charge is -2.11. The fourth-order valence-electron chi connectivity index (χ4n) is 3.67. The molecule has 1 aromatic carbocycles. The molecule has 3 N–H and O–H groups in total. The number of pyridine rings is 1. The van der Waals surface area contributed by atoms with E-state index in [0.717, 1.165) is 5.69 Å². The highest BCUT2D eigenvalue weighted by molar-refractivity contribution is 5.82. The van der Waals surface area contributed by atoms with Crippen molar-refractivity contribution in [3.63, 3.8) is 0 Å². The van der Waals surface area contributed by atoms with E-state index >= 15 is 0 Å². The van der Waals surface area contributed by atoms with Crippen LogP contribution in [0.25, 0.3) is 28.1 Å². The number of anilines is 2. The number of aromatic nitrogens is 7. The number of nitrogens with zero attached hydrogens (tertiary/aromatic N) is 7. The first kappa shape index (κ1) is 21.2. The first-order valence-electron chi connectivity index (χ1n) is 10.3. The van der Waals surface area contributed by atoms with Crippen LogP contribution in [-0.2, 0) is 6.61 Å². The monoisotopic (exact) mass is 455 g/mol. The Kier molecular flexibility index (Phi) is 5.19. The maximum Gasteiger partial charge on any atom is 0.171 e. The van der Waals surface area contributed by atoms with Crippen molar-refractivity contribution >= 4 is 22.5 Å².